The number of hydrogen-bond acceptors (Lipinski definition) is 5. The lowest BCUT2D eigenvalue weighted by Crippen LogP contribution is -2.23. The highest BCUT2D eigenvalue weighted by Crippen LogP contribution is 2.16. The summed E-state index contributed by atoms with van der Waals surface area (Å²) in [5.41, 5.74) is 0. The van der Waals surface area contributed by atoms with Crippen LogP contribution in [0.3, 0.4) is 0 Å². The van der Waals surface area contributed by atoms with Crippen LogP contribution < -0.4 is 0 Å². The van der Waals surface area contributed by atoms with Gasteiger partial charge in [0.05, 0.1) is 0 Å². The van der Waals surface area contributed by atoms with Crippen molar-refractivity contribution in [3.05, 3.63) is 5.82 Å². The minimum Gasteiger partial charge on any atom is -0.262 e. The second kappa shape index (κ2) is 6.36. The van der Waals surface area contributed by atoms with E-state index in [4.69, 9.17) is 0 Å². The van der Waals surface area contributed by atoms with E-state index in [0.29, 0.717) is 5.16 Å². The van der Waals surface area contributed by atoms with Crippen molar-refractivity contribution < 1.29 is 8.42 Å². The third-order valence-electron chi connectivity index (χ3n) is 2.17. The molecule has 1 aromatic heterocycles. The van der Waals surface area contributed by atoms with Gasteiger partial charge in [-0.05, 0) is 6.42 Å². The molecule has 17 heavy (non-hydrogen) atoms. The Bertz CT molecular complexity index is 442. The summed E-state index contributed by atoms with van der Waals surface area (Å²) in [5.74, 6) is 0.816. The summed E-state index contributed by atoms with van der Waals surface area (Å²) >= 11 is 1.13. The maximum atomic E-state index is 11.5. The Hall–Kier alpha value is -0.600. The Labute approximate surface area is 106 Å². The predicted octanol–water partition coefficient (Wildman–Crippen LogP) is 1.09. The number of thioether (sulfide) groups is 1. The van der Waals surface area contributed by atoms with Gasteiger partial charge >= 0.3 is 0 Å². The molecule has 0 fully saturated rings. The molecule has 0 unspecified atom stereocenters. The summed E-state index contributed by atoms with van der Waals surface area (Å²) in [5, 5.41) is 7.24. The first kappa shape index (κ1) is 14.5. The van der Waals surface area contributed by atoms with Gasteiger partial charge in [0.2, 0.25) is 15.2 Å². The van der Waals surface area contributed by atoms with Crippen molar-refractivity contribution in [1.82, 2.24) is 19.5 Å². The van der Waals surface area contributed by atoms with Gasteiger partial charge in [-0.3, -0.25) is 5.10 Å². The van der Waals surface area contributed by atoms with Crippen molar-refractivity contribution in [2.24, 2.45) is 0 Å². The number of nitrogens with zero attached hydrogens (tertiary/aromatic N) is 3. The Kier molecular flexibility index (Phi) is 5.41. The molecule has 6 nitrogen and oxygen atoms in total. The van der Waals surface area contributed by atoms with Crippen molar-refractivity contribution in [3.63, 3.8) is 0 Å². The minimum absolute atomic E-state index is 0.0366. The molecule has 98 valence electrons. The quantitative estimate of drug-likeness (QED) is 0.755. The largest absolute Gasteiger partial charge is 0.262 e. The zero-order valence-electron chi connectivity index (χ0n) is 10.3. The first-order valence-electron chi connectivity index (χ1n) is 5.40. The zero-order valence-corrected chi connectivity index (χ0v) is 11.9. The summed E-state index contributed by atoms with van der Waals surface area (Å²) in [6.07, 6.45) is 3.00. The number of unbranched alkanes of at least 4 members (excludes halogenated alkanes) is 1. The van der Waals surface area contributed by atoms with Gasteiger partial charge < -0.3 is 0 Å². The Morgan fingerprint density at radius 3 is 2.71 bits per heavy atom. The van der Waals surface area contributed by atoms with Crippen LogP contribution in [-0.4, -0.2) is 47.1 Å². The van der Waals surface area contributed by atoms with Gasteiger partial charge in [-0.25, -0.2) is 17.7 Å². The number of aromatic nitrogens is 3. The van der Waals surface area contributed by atoms with Crippen molar-refractivity contribution >= 4 is 21.8 Å². The van der Waals surface area contributed by atoms with Gasteiger partial charge in [0, 0.05) is 20.5 Å². The number of hydrogen-bond donors (Lipinski definition) is 1. The lowest BCUT2D eigenvalue weighted by Gasteiger charge is -2.08. The highest BCUT2D eigenvalue weighted by Gasteiger charge is 2.15. The lowest BCUT2D eigenvalue weighted by molar-refractivity contribution is 0.526. The fourth-order valence-corrected chi connectivity index (χ4v) is 3.18. The van der Waals surface area contributed by atoms with Gasteiger partial charge in [-0.2, -0.15) is 0 Å². The molecule has 0 aliphatic rings. The number of aryl methyl sites for hydroxylation is 1. The van der Waals surface area contributed by atoms with Crippen LogP contribution in [0.25, 0.3) is 0 Å². The maximum absolute atomic E-state index is 11.5. The van der Waals surface area contributed by atoms with Gasteiger partial charge in [-0.1, -0.05) is 25.1 Å². The molecule has 1 N–H and O–H groups in total. The molecule has 0 aromatic carbocycles. The fraction of sp³-hybridized carbons (Fsp3) is 0.778. The molecule has 0 spiro atoms. The molecule has 0 aliphatic heterocycles. The smallest absolute Gasteiger partial charge is 0.223 e. The van der Waals surface area contributed by atoms with Crippen molar-refractivity contribution in [3.8, 4) is 0 Å². The van der Waals surface area contributed by atoms with Gasteiger partial charge in [0.1, 0.15) is 10.9 Å². The van der Waals surface area contributed by atoms with Crippen LogP contribution in [-0.2, 0) is 16.4 Å². The van der Waals surface area contributed by atoms with Crippen LogP contribution in [0.1, 0.15) is 25.6 Å². The number of nitrogens with one attached hydrogen (secondary N) is 1. The van der Waals surface area contributed by atoms with Crippen molar-refractivity contribution in [2.45, 2.75) is 31.3 Å². The molecule has 8 heteroatoms. The predicted molar refractivity (Wildman–Crippen MR) is 68.3 cm³/mol. The molecule has 0 saturated carbocycles. The Morgan fingerprint density at radius 2 is 2.12 bits per heavy atom. The van der Waals surface area contributed by atoms with E-state index in [2.05, 4.69) is 22.1 Å². The summed E-state index contributed by atoms with van der Waals surface area (Å²) < 4.78 is 24.2. The van der Waals surface area contributed by atoms with Crippen LogP contribution in [0, 0.1) is 0 Å². The summed E-state index contributed by atoms with van der Waals surface area (Å²) in [4.78, 5) is 4.22. The second-order valence-electron chi connectivity index (χ2n) is 3.82. The minimum atomic E-state index is -3.20. The zero-order chi connectivity index (χ0) is 12.9. The fourth-order valence-electron chi connectivity index (χ4n) is 1.03. The highest BCUT2D eigenvalue weighted by molar-refractivity contribution is 8.11. The average Bonchev–Trinajstić information content (AvgIpc) is 2.71. The van der Waals surface area contributed by atoms with E-state index in [1.165, 1.54) is 18.4 Å². The second-order valence-corrected chi connectivity index (χ2v) is 7.32. The first-order chi connectivity index (χ1) is 7.95. The van der Waals surface area contributed by atoms with E-state index in [0.717, 1.165) is 36.8 Å². The average molecular weight is 278 g/mol. The lowest BCUT2D eigenvalue weighted by atomic mass is 10.2. The number of sulfonamides is 1. The van der Waals surface area contributed by atoms with Crippen molar-refractivity contribution in [1.29, 1.82) is 0 Å². The molecule has 0 radical (unpaired) electrons. The number of rotatable bonds is 7. The van der Waals surface area contributed by atoms with Gasteiger partial charge in [0.15, 0.2) is 0 Å². The topological polar surface area (TPSA) is 79.0 Å². The molecule has 1 aromatic rings. The van der Waals surface area contributed by atoms with E-state index >= 15 is 0 Å². The molecule has 0 saturated heterocycles. The molecular weight excluding hydrogens is 260 g/mol. The van der Waals surface area contributed by atoms with Crippen molar-refractivity contribution in [2.75, 3.05) is 19.2 Å². The first-order valence-corrected chi connectivity index (χ1v) is 7.99. The molecular formula is C9H18N4O2S2. The molecule has 0 atom stereocenters. The normalized spacial score (nSPS) is 12.2. The van der Waals surface area contributed by atoms with Crippen LogP contribution in [0.15, 0.2) is 5.16 Å². The molecule has 1 rings (SSSR count). The molecule has 0 bridgehead atoms. The standard InChI is InChI=1S/C9H18N4O2S2/c1-4-5-6-8-10-9(12-11-8)16-7-17(14,15)13(2)3/h4-7H2,1-3H3,(H,10,11,12). The van der Waals surface area contributed by atoms with E-state index in [9.17, 15) is 8.42 Å². The Balaban J connectivity index is 2.50. The summed E-state index contributed by atoms with van der Waals surface area (Å²) in [7, 11) is -0.173. The summed E-state index contributed by atoms with van der Waals surface area (Å²) in [6.45, 7) is 2.11. The van der Waals surface area contributed by atoms with E-state index in [1.807, 2.05) is 0 Å². The molecule has 1 heterocycles. The SMILES string of the molecule is CCCCc1nc(SCS(=O)(=O)N(C)C)n[nH]1. The molecule has 0 amide bonds. The number of aromatic amines is 1. The Morgan fingerprint density at radius 1 is 1.41 bits per heavy atom. The summed E-state index contributed by atoms with van der Waals surface area (Å²) in [6, 6.07) is 0. The van der Waals surface area contributed by atoms with Crippen LogP contribution in [0.2, 0.25) is 0 Å². The van der Waals surface area contributed by atoms with Crippen LogP contribution >= 0.6 is 11.8 Å². The highest BCUT2D eigenvalue weighted by atomic mass is 32.3. The monoisotopic (exact) mass is 278 g/mol. The van der Waals surface area contributed by atoms with E-state index in [1.54, 1.807) is 0 Å². The van der Waals surface area contributed by atoms with Crippen LogP contribution in [0.4, 0.5) is 0 Å². The van der Waals surface area contributed by atoms with Gasteiger partial charge in [0.25, 0.3) is 0 Å². The maximum Gasteiger partial charge on any atom is 0.223 e. The van der Waals surface area contributed by atoms with Gasteiger partial charge in [-0.15, -0.1) is 5.10 Å². The van der Waals surface area contributed by atoms with E-state index in [-0.39, 0.29) is 5.08 Å². The number of H-pyrrole nitrogens is 1. The van der Waals surface area contributed by atoms with Crippen LogP contribution in [0.5, 0.6) is 0 Å². The molecule has 0 aliphatic carbocycles. The third-order valence-corrected chi connectivity index (χ3v) is 5.39. The van der Waals surface area contributed by atoms with E-state index < -0.39 is 10.0 Å². The third kappa shape index (κ3) is 4.64.